The van der Waals surface area contributed by atoms with Crippen LogP contribution in [0.5, 0.6) is 0 Å². The summed E-state index contributed by atoms with van der Waals surface area (Å²) >= 11 is 0. The maximum absolute atomic E-state index is 12.5. The average molecular weight is 413 g/mol. The first-order valence-corrected chi connectivity index (χ1v) is 10.9. The highest BCUT2D eigenvalue weighted by molar-refractivity contribution is 5.96. The zero-order valence-corrected chi connectivity index (χ0v) is 17.1. The Bertz CT molecular complexity index is 1240. The first-order valence-electron chi connectivity index (χ1n) is 10.9. The molecule has 7 nitrogen and oxygen atoms in total. The molecule has 1 aliphatic carbocycles. The SMILES string of the molecule is O=C1C[C@H](c2nc(-c3ccc4c(c3)ncn4C3CCCC3)no2)CN1c1ccccc1. The lowest BCUT2D eigenvalue weighted by Gasteiger charge is -2.15. The number of carbonyl (C=O) groups is 1. The molecule has 156 valence electrons. The molecular weight excluding hydrogens is 390 g/mol. The molecule has 1 aliphatic heterocycles. The normalized spacial score (nSPS) is 19.7. The van der Waals surface area contributed by atoms with Crippen molar-refractivity contribution in [1.82, 2.24) is 19.7 Å². The molecule has 7 heteroatoms. The first-order chi connectivity index (χ1) is 15.3. The van der Waals surface area contributed by atoms with Crippen LogP contribution in [0, 0.1) is 0 Å². The summed E-state index contributed by atoms with van der Waals surface area (Å²) < 4.78 is 7.87. The van der Waals surface area contributed by atoms with Gasteiger partial charge in [0, 0.05) is 30.3 Å². The van der Waals surface area contributed by atoms with E-state index in [0.29, 0.717) is 30.7 Å². The van der Waals surface area contributed by atoms with Crippen LogP contribution in [-0.4, -0.2) is 32.1 Å². The highest BCUT2D eigenvalue weighted by Gasteiger charge is 2.35. The number of anilines is 1. The fourth-order valence-electron chi connectivity index (χ4n) is 4.89. The van der Waals surface area contributed by atoms with Gasteiger partial charge in [-0.1, -0.05) is 36.2 Å². The molecule has 0 spiro atoms. The Morgan fingerprint density at radius 1 is 1.03 bits per heavy atom. The summed E-state index contributed by atoms with van der Waals surface area (Å²) in [6, 6.07) is 16.4. The van der Waals surface area contributed by atoms with Crippen LogP contribution in [-0.2, 0) is 4.79 Å². The van der Waals surface area contributed by atoms with Gasteiger partial charge < -0.3 is 14.0 Å². The number of para-hydroxylation sites is 1. The van der Waals surface area contributed by atoms with Crippen LogP contribution in [0.4, 0.5) is 5.69 Å². The van der Waals surface area contributed by atoms with Gasteiger partial charge in [-0.3, -0.25) is 4.79 Å². The molecule has 0 N–H and O–H groups in total. The largest absolute Gasteiger partial charge is 0.339 e. The van der Waals surface area contributed by atoms with Gasteiger partial charge >= 0.3 is 0 Å². The Morgan fingerprint density at radius 3 is 2.71 bits per heavy atom. The number of imidazole rings is 1. The van der Waals surface area contributed by atoms with Crippen molar-refractivity contribution >= 4 is 22.6 Å². The third kappa shape index (κ3) is 3.21. The molecular formula is C24H23N5O2. The lowest BCUT2D eigenvalue weighted by molar-refractivity contribution is -0.117. The van der Waals surface area contributed by atoms with Gasteiger partial charge in [-0.2, -0.15) is 4.98 Å². The molecule has 1 saturated carbocycles. The van der Waals surface area contributed by atoms with E-state index in [1.165, 1.54) is 25.7 Å². The van der Waals surface area contributed by atoms with E-state index in [1.54, 1.807) is 4.90 Å². The predicted molar refractivity (Wildman–Crippen MR) is 117 cm³/mol. The van der Waals surface area contributed by atoms with Crippen LogP contribution < -0.4 is 4.90 Å². The average Bonchev–Trinajstić information content (AvgIpc) is 3.59. The maximum Gasteiger partial charge on any atom is 0.232 e. The molecule has 0 radical (unpaired) electrons. The molecule has 2 aromatic heterocycles. The topological polar surface area (TPSA) is 77.0 Å². The highest BCUT2D eigenvalue weighted by Crippen LogP contribution is 2.34. The van der Waals surface area contributed by atoms with Crippen molar-refractivity contribution in [3.05, 3.63) is 60.7 Å². The summed E-state index contributed by atoms with van der Waals surface area (Å²) in [5.74, 6) is 1.03. The lowest BCUT2D eigenvalue weighted by atomic mass is 10.1. The molecule has 2 fully saturated rings. The molecule has 4 aromatic rings. The number of fused-ring (bicyclic) bond motifs is 1. The van der Waals surface area contributed by atoms with E-state index in [4.69, 9.17) is 4.52 Å². The minimum Gasteiger partial charge on any atom is -0.339 e. The summed E-state index contributed by atoms with van der Waals surface area (Å²) in [7, 11) is 0. The molecule has 3 heterocycles. The number of rotatable bonds is 4. The van der Waals surface area contributed by atoms with Gasteiger partial charge in [0.25, 0.3) is 0 Å². The number of carbonyl (C=O) groups excluding carboxylic acids is 1. The monoisotopic (exact) mass is 413 g/mol. The van der Waals surface area contributed by atoms with E-state index >= 15 is 0 Å². The zero-order valence-electron chi connectivity index (χ0n) is 17.1. The van der Waals surface area contributed by atoms with Crippen molar-refractivity contribution < 1.29 is 9.32 Å². The fraction of sp³-hybridized carbons (Fsp3) is 0.333. The van der Waals surface area contributed by atoms with Crippen molar-refractivity contribution in [3.8, 4) is 11.4 Å². The molecule has 31 heavy (non-hydrogen) atoms. The molecule has 1 saturated heterocycles. The summed E-state index contributed by atoms with van der Waals surface area (Å²) in [5.41, 5.74) is 3.88. The number of nitrogens with zero attached hydrogens (tertiary/aromatic N) is 5. The van der Waals surface area contributed by atoms with Gasteiger partial charge in [-0.25, -0.2) is 4.98 Å². The third-order valence-electron chi connectivity index (χ3n) is 6.53. The summed E-state index contributed by atoms with van der Waals surface area (Å²) in [6.07, 6.45) is 7.36. The van der Waals surface area contributed by atoms with Gasteiger partial charge in [0.05, 0.1) is 23.3 Å². The number of amides is 1. The van der Waals surface area contributed by atoms with Crippen molar-refractivity contribution in [1.29, 1.82) is 0 Å². The van der Waals surface area contributed by atoms with Crippen molar-refractivity contribution in [3.63, 3.8) is 0 Å². The summed E-state index contributed by atoms with van der Waals surface area (Å²) in [4.78, 5) is 23.5. The van der Waals surface area contributed by atoms with Crippen LogP contribution >= 0.6 is 0 Å². The Morgan fingerprint density at radius 2 is 1.87 bits per heavy atom. The number of hydrogen-bond donors (Lipinski definition) is 0. The predicted octanol–water partition coefficient (Wildman–Crippen LogP) is 4.72. The Kier molecular flexibility index (Phi) is 4.33. The van der Waals surface area contributed by atoms with Crippen molar-refractivity contribution in [2.24, 2.45) is 0 Å². The Hall–Kier alpha value is -3.48. The van der Waals surface area contributed by atoms with E-state index in [0.717, 1.165) is 22.3 Å². The van der Waals surface area contributed by atoms with E-state index in [-0.39, 0.29) is 11.8 Å². The fourth-order valence-corrected chi connectivity index (χ4v) is 4.89. The molecule has 0 bridgehead atoms. The maximum atomic E-state index is 12.5. The Labute approximate surface area is 179 Å². The first kappa shape index (κ1) is 18.3. The van der Waals surface area contributed by atoms with Crippen LogP contribution in [0.2, 0.25) is 0 Å². The van der Waals surface area contributed by atoms with Crippen molar-refractivity contribution in [2.75, 3.05) is 11.4 Å². The second-order valence-corrected chi connectivity index (χ2v) is 8.49. The van der Waals surface area contributed by atoms with E-state index < -0.39 is 0 Å². The number of benzene rings is 2. The summed E-state index contributed by atoms with van der Waals surface area (Å²) in [5, 5.41) is 4.19. The van der Waals surface area contributed by atoms with Crippen LogP contribution in [0.15, 0.2) is 59.4 Å². The molecule has 1 amide bonds. The van der Waals surface area contributed by atoms with Crippen LogP contribution in [0.3, 0.4) is 0 Å². The van der Waals surface area contributed by atoms with Gasteiger partial charge in [0.1, 0.15) is 0 Å². The van der Waals surface area contributed by atoms with Crippen LogP contribution in [0.25, 0.3) is 22.4 Å². The highest BCUT2D eigenvalue weighted by atomic mass is 16.5. The van der Waals surface area contributed by atoms with Gasteiger partial charge in [-0.05, 0) is 43.2 Å². The van der Waals surface area contributed by atoms with E-state index in [1.807, 2.05) is 48.8 Å². The Balaban J connectivity index is 1.24. The second kappa shape index (κ2) is 7.34. The van der Waals surface area contributed by atoms with Crippen LogP contribution in [0.1, 0.15) is 50.0 Å². The third-order valence-corrected chi connectivity index (χ3v) is 6.53. The number of aromatic nitrogens is 4. The van der Waals surface area contributed by atoms with E-state index in [9.17, 15) is 4.79 Å². The minimum atomic E-state index is -0.0979. The smallest absolute Gasteiger partial charge is 0.232 e. The van der Waals surface area contributed by atoms with Crippen molar-refractivity contribution in [2.45, 2.75) is 44.1 Å². The second-order valence-electron chi connectivity index (χ2n) is 8.49. The van der Waals surface area contributed by atoms with Gasteiger partial charge in [-0.15, -0.1) is 0 Å². The van der Waals surface area contributed by atoms with E-state index in [2.05, 4.69) is 25.8 Å². The molecule has 2 aromatic carbocycles. The van der Waals surface area contributed by atoms with Gasteiger partial charge in [0.15, 0.2) is 0 Å². The zero-order chi connectivity index (χ0) is 20.8. The van der Waals surface area contributed by atoms with Gasteiger partial charge in [0.2, 0.25) is 17.6 Å². The molecule has 6 rings (SSSR count). The molecule has 1 atom stereocenters. The minimum absolute atomic E-state index is 0.0785. The summed E-state index contributed by atoms with van der Waals surface area (Å²) in [6.45, 7) is 0.551. The quantitative estimate of drug-likeness (QED) is 0.484. The molecule has 2 aliphatic rings. The molecule has 0 unspecified atom stereocenters. The number of hydrogen-bond acceptors (Lipinski definition) is 5. The lowest BCUT2D eigenvalue weighted by Crippen LogP contribution is -2.24. The standard InChI is InChI=1S/C24H23N5O2/c30-22-13-17(14-28(22)18-6-2-1-3-7-18)24-26-23(27-31-24)16-10-11-21-20(12-16)25-15-29(21)19-8-4-5-9-19/h1-3,6-7,10-12,15,17,19H,4-5,8-9,13-14H2/t17-/m0/s1.